The van der Waals surface area contributed by atoms with Crippen molar-refractivity contribution in [2.45, 2.75) is 19.5 Å². The van der Waals surface area contributed by atoms with Gasteiger partial charge in [0.15, 0.2) is 0 Å². The number of benzene rings is 1. The number of methoxy groups -OCH3 is 3. The lowest BCUT2D eigenvalue weighted by Gasteiger charge is -2.27. The standard InChI is InChI=1S/C19H23F2N3O3/c1-25-14-10-15(26-2)18(16(11-14)27-3)13-4-7-23(8-5-13)12-17-22-6-9-24(17)19(20)21/h4,6,9-11,19H,5,7-8,12H2,1-3H3. The maximum absolute atomic E-state index is 13.0. The lowest BCUT2D eigenvalue weighted by molar-refractivity contribution is 0.0642. The highest BCUT2D eigenvalue weighted by Gasteiger charge is 2.22. The second kappa shape index (κ2) is 8.39. The molecule has 27 heavy (non-hydrogen) atoms. The lowest BCUT2D eigenvalue weighted by Crippen LogP contribution is -2.29. The average Bonchev–Trinajstić information content (AvgIpc) is 3.16. The molecular formula is C19H23F2N3O3. The van der Waals surface area contributed by atoms with Crippen molar-refractivity contribution in [2.75, 3.05) is 34.4 Å². The first kappa shape index (κ1) is 19.2. The van der Waals surface area contributed by atoms with E-state index < -0.39 is 6.55 Å². The van der Waals surface area contributed by atoms with E-state index in [4.69, 9.17) is 14.2 Å². The van der Waals surface area contributed by atoms with Crippen LogP contribution in [-0.4, -0.2) is 48.9 Å². The van der Waals surface area contributed by atoms with Crippen LogP contribution in [0.25, 0.3) is 5.57 Å². The van der Waals surface area contributed by atoms with Gasteiger partial charge in [0.25, 0.3) is 0 Å². The van der Waals surface area contributed by atoms with Crippen LogP contribution in [0.3, 0.4) is 0 Å². The summed E-state index contributed by atoms with van der Waals surface area (Å²) >= 11 is 0. The highest BCUT2D eigenvalue weighted by molar-refractivity contribution is 5.77. The number of halogens is 2. The van der Waals surface area contributed by atoms with E-state index in [9.17, 15) is 8.78 Å². The molecule has 0 unspecified atom stereocenters. The van der Waals surface area contributed by atoms with Crippen molar-refractivity contribution >= 4 is 5.57 Å². The van der Waals surface area contributed by atoms with Crippen molar-refractivity contribution < 1.29 is 23.0 Å². The number of hydrogen-bond acceptors (Lipinski definition) is 5. The van der Waals surface area contributed by atoms with Crippen LogP contribution in [0.5, 0.6) is 17.2 Å². The van der Waals surface area contributed by atoms with Crippen LogP contribution in [0.1, 0.15) is 24.4 Å². The van der Waals surface area contributed by atoms with Crippen molar-refractivity contribution in [3.8, 4) is 17.2 Å². The van der Waals surface area contributed by atoms with Crippen LogP contribution in [0, 0.1) is 0 Å². The van der Waals surface area contributed by atoms with Gasteiger partial charge in [-0.05, 0) is 12.0 Å². The zero-order valence-electron chi connectivity index (χ0n) is 15.6. The monoisotopic (exact) mass is 379 g/mol. The van der Waals surface area contributed by atoms with Crippen LogP contribution in [0.4, 0.5) is 8.78 Å². The SMILES string of the molecule is COc1cc(OC)c(C2=CCN(Cc3nccn3C(F)F)CC2)c(OC)c1. The van der Waals surface area contributed by atoms with E-state index in [1.165, 1.54) is 12.4 Å². The van der Waals surface area contributed by atoms with Crippen LogP contribution in [0.15, 0.2) is 30.6 Å². The third-order valence-corrected chi connectivity index (χ3v) is 4.65. The van der Waals surface area contributed by atoms with Gasteiger partial charge in [0.1, 0.15) is 23.1 Å². The summed E-state index contributed by atoms with van der Waals surface area (Å²) in [6.45, 7) is -0.853. The Kier molecular flexibility index (Phi) is 5.95. The molecule has 2 aromatic rings. The Balaban J connectivity index is 1.80. The van der Waals surface area contributed by atoms with Gasteiger partial charge in [-0.3, -0.25) is 9.47 Å². The zero-order chi connectivity index (χ0) is 19.4. The van der Waals surface area contributed by atoms with Gasteiger partial charge in [0, 0.05) is 37.6 Å². The molecule has 6 nitrogen and oxygen atoms in total. The molecule has 0 radical (unpaired) electrons. The Bertz CT molecular complexity index is 795. The summed E-state index contributed by atoms with van der Waals surface area (Å²) in [5.41, 5.74) is 1.99. The summed E-state index contributed by atoms with van der Waals surface area (Å²) in [6.07, 6.45) is 5.53. The number of alkyl halides is 2. The van der Waals surface area contributed by atoms with Gasteiger partial charge in [0.05, 0.1) is 33.4 Å². The lowest BCUT2D eigenvalue weighted by atomic mass is 9.97. The van der Waals surface area contributed by atoms with Gasteiger partial charge in [-0.2, -0.15) is 8.78 Å². The van der Waals surface area contributed by atoms with Crippen molar-refractivity contribution in [1.82, 2.24) is 14.5 Å². The minimum atomic E-state index is -2.58. The molecule has 0 atom stereocenters. The van der Waals surface area contributed by atoms with Gasteiger partial charge >= 0.3 is 6.55 Å². The van der Waals surface area contributed by atoms with Crippen LogP contribution in [-0.2, 0) is 6.54 Å². The van der Waals surface area contributed by atoms with Crippen molar-refractivity contribution in [3.05, 3.63) is 42.0 Å². The number of imidazole rings is 1. The molecule has 1 aliphatic rings. The second-order valence-electron chi connectivity index (χ2n) is 6.15. The maximum atomic E-state index is 13.0. The topological polar surface area (TPSA) is 48.8 Å². The average molecular weight is 379 g/mol. The fourth-order valence-electron chi connectivity index (χ4n) is 3.25. The number of nitrogens with zero attached hydrogens (tertiary/aromatic N) is 3. The summed E-state index contributed by atoms with van der Waals surface area (Å²) < 4.78 is 43.2. The first-order valence-electron chi connectivity index (χ1n) is 8.59. The molecule has 2 heterocycles. The molecule has 3 rings (SSSR count). The molecular weight excluding hydrogens is 356 g/mol. The molecule has 1 aromatic heterocycles. The summed E-state index contributed by atoms with van der Waals surface area (Å²) in [5, 5.41) is 0. The summed E-state index contributed by atoms with van der Waals surface area (Å²) in [4.78, 5) is 6.13. The Morgan fingerprint density at radius 3 is 2.33 bits per heavy atom. The predicted molar refractivity (Wildman–Crippen MR) is 97.4 cm³/mol. The van der Waals surface area contributed by atoms with Crippen LogP contribution < -0.4 is 14.2 Å². The molecule has 1 aromatic carbocycles. The van der Waals surface area contributed by atoms with E-state index in [1.807, 2.05) is 12.1 Å². The number of rotatable bonds is 7. The van der Waals surface area contributed by atoms with Gasteiger partial charge in [0.2, 0.25) is 0 Å². The molecule has 0 fully saturated rings. The molecule has 0 N–H and O–H groups in total. The van der Waals surface area contributed by atoms with E-state index >= 15 is 0 Å². The highest BCUT2D eigenvalue weighted by Crippen LogP contribution is 2.40. The highest BCUT2D eigenvalue weighted by atomic mass is 19.3. The molecule has 0 aliphatic carbocycles. The predicted octanol–water partition coefficient (Wildman–Crippen LogP) is 3.59. The van der Waals surface area contributed by atoms with Crippen molar-refractivity contribution in [3.63, 3.8) is 0 Å². The molecule has 0 bridgehead atoms. The molecule has 1 aliphatic heterocycles. The summed E-state index contributed by atoms with van der Waals surface area (Å²) in [7, 11) is 4.81. The molecule has 8 heteroatoms. The molecule has 0 saturated carbocycles. The Morgan fingerprint density at radius 2 is 1.81 bits per heavy atom. The Labute approximate surface area is 157 Å². The zero-order valence-corrected chi connectivity index (χ0v) is 15.6. The largest absolute Gasteiger partial charge is 0.496 e. The van der Waals surface area contributed by atoms with E-state index in [2.05, 4.69) is 16.0 Å². The fourth-order valence-corrected chi connectivity index (χ4v) is 3.25. The third kappa shape index (κ3) is 4.05. The first-order chi connectivity index (χ1) is 13.1. The van der Waals surface area contributed by atoms with E-state index in [-0.39, 0.29) is 0 Å². The van der Waals surface area contributed by atoms with E-state index in [0.29, 0.717) is 36.2 Å². The van der Waals surface area contributed by atoms with Crippen LogP contribution >= 0.6 is 0 Å². The van der Waals surface area contributed by atoms with Gasteiger partial charge < -0.3 is 14.2 Å². The number of aromatic nitrogens is 2. The quantitative estimate of drug-likeness (QED) is 0.736. The smallest absolute Gasteiger partial charge is 0.319 e. The minimum absolute atomic E-state index is 0.362. The fraction of sp³-hybridized carbons (Fsp3) is 0.421. The molecule has 0 amide bonds. The number of ether oxygens (including phenoxy) is 3. The van der Waals surface area contributed by atoms with Gasteiger partial charge in [-0.1, -0.05) is 6.08 Å². The number of hydrogen-bond donors (Lipinski definition) is 0. The molecule has 146 valence electrons. The summed E-state index contributed by atoms with van der Waals surface area (Å²) in [6, 6.07) is 3.65. The Morgan fingerprint density at radius 1 is 1.11 bits per heavy atom. The van der Waals surface area contributed by atoms with E-state index in [0.717, 1.165) is 28.7 Å². The third-order valence-electron chi connectivity index (χ3n) is 4.65. The maximum Gasteiger partial charge on any atom is 0.319 e. The van der Waals surface area contributed by atoms with Crippen molar-refractivity contribution in [1.29, 1.82) is 0 Å². The molecule has 0 saturated heterocycles. The van der Waals surface area contributed by atoms with Gasteiger partial charge in [-0.25, -0.2) is 4.98 Å². The minimum Gasteiger partial charge on any atom is -0.496 e. The molecule has 0 spiro atoms. The second-order valence-corrected chi connectivity index (χ2v) is 6.15. The Hall–Kier alpha value is -2.61. The van der Waals surface area contributed by atoms with Crippen LogP contribution in [0.2, 0.25) is 0 Å². The van der Waals surface area contributed by atoms with Crippen molar-refractivity contribution in [2.24, 2.45) is 0 Å². The van der Waals surface area contributed by atoms with Gasteiger partial charge in [-0.15, -0.1) is 0 Å². The normalized spacial score (nSPS) is 15.0. The summed E-state index contributed by atoms with van der Waals surface area (Å²) in [5.74, 6) is 2.38. The van der Waals surface area contributed by atoms with E-state index in [1.54, 1.807) is 21.3 Å². The first-order valence-corrected chi connectivity index (χ1v) is 8.59.